The number of carbonyl (C=O) groups excluding carboxylic acids is 1. The third-order valence-electron chi connectivity index (χ3n) is 2.77. The molecule has 1 aromatic rings. The van der Waals surface area contributed by atoms with Gasteiger partial charge < -0.3 is 0 Å². The fourth-order valence-electron chi connectivity index (χ4n) is 1.59. The molecule has 0 aliphatic rings. The molecule has 0 atom stereocenters. The van der Waals surface area contributed by atoms with Crippen molar-refractivity contribution in [1.29, 1.82) is 0 Å². The lowest BCUT2D eigenvalue weighted by Crippen LogP contribution is -2.34. The van der Waals surface area contributed by atoms with Crippen LogP contribution in [-0.4, -0.2) is 35.8 Å². The molecule has 20 heavy (non-hydrogen) atoms. The summed E-state index contributed by atoms with van der Waals surface area (Å²) in [5.41, 5.74) is 0.501. The van der Waals surface area contributed by atoms with Gasteiger partial charge in [-0.1, -0.05) is 29.8 Å². The van der Waals surface area contributed by atoms with E-state index < -0.39 is 17.7 Å². The van der Waals surface area contributed by atoms with Crippen LogP contribution < -0.4 is 0 Å². The highest BCUT2D eigenvalue weighted by Gasteiger charge is 2.42. The monoisotopic (exact) mass is 286 g/mol. The van der Waals surface area contributed by atoms with Crippen molar-refractivity contribution in [2.45, 2.75) is 26.9 Å². The summed E-state index contributed by atoms with van der Waals surface area (Å²) in [6.07, 6.45) is -4.93. The molecule has 0 amide bonds. The molecule has 3 nitrogen and oxygen atoms in total. The standard InChI is InChI=1S/C14H17F3N2O/c1-4-19(5-2)18-12(13(20)14(15,16)17)11-8-6-10(3)7-9-11/h6-9H,4-5H2,1-3H3/b18-12+. The van der Waals surface area contributed by atoms with E-state index >= 15 is 0 Å². The Labute approximate surface area is 116 Å². The van der Waals surface area contributed by atoms with Crippen LogP contribution in [0.15, 0.2) is 29.4 Å². The van der Waals surface area contributed by atoms with Gasteiger partial charge >= 0.3 is 6.18 Å². The summed E-state index contributed by atoms with van der Waals surface area (Å²) in [7, 11) is 0. The first kappa shape index (κ1) is 16.2. The molecule has 6 heteroatoms. The number of rotatable bonds is 5. The van der Waals surface area contributed by atoms with Crippen LogP contribution in [0.25, 0.3) is 0 Å². The van der Waals surface area contributed by atoms with Crippen molar-refractivity contribution in [1.82, 2.24) is 5.01 Å². The second-order valence-electron chi connectivity index (χ2n) is 4.28. The van der Waals surface area contributed by atoms with Gasteiger partial charge in [0.25, 0.3) is 5.78 Å². The first-order valence-electron chi connectivity index (χ1n) is 6.31. The number of carbonyl (C=O) groups is 1. The van der Waals surface area contributed by atoms with Crippen molar-refractivity contribution in [3.8, 4) is 0 Å². The number of benzene rings is 1. The van der Waals surface area contributed by atoms with Crippen molar-refractivity contribution in [3.05, 3.63) is 35.4 Å². The number of hydrogen-bond donors (Lipinski definition) is 0. The molecule has 0 radical (unpaired) electrons. The minimum absolute atomic E-state index is 0.171. The van der Waals surface area contributed by atoms with E-state index in [2.05, 4.69) is 5.10 Å². The van der Waals surface area contributed by atoms with Crippen LogP contribution in [0.3, 0.4) is 0 Å². The quantitative estimate of drug-likeness (QED) is 0.615. The molecule has 0 spiro atoms. The van der Waals surface area contributed by atoms with Crippen LogP contribution in [-0.2, 0) is 4.79 Å². The molecule has 0 fully saturated rings. The molecule has 0 heterocycles. The molecule has 1 rings (SSSR count). The van der Waals surface area contributed by atoms with Gasteiger partial charge in [-0.25, -0.2) is 0 Å². The Morgan fingerprint density at radius 3 is 2.05 bits per heavy atom. The zero-order chi connectivity index (χ0) is 15.3. The summed E-state index contributed by atoms with van der Waals surface area (Å²) in [5.74, 6) is -1.92. The molecule has 110 valence electrons. The summed E-state index contributed by atoms with van der Waals surface area (Å²) in [4.78, 5) is 11.5. The van der Waals surface area contributed by atoms with Crippen molar-refractivity contribution in [3.63, 3.8) is 0 Å². The number of hydrazone groups is 1. The highest BCUT2D eigenvalue weighted by molar-refractivity contribution is 6.47. The lowest BCUT2D eigenvalue weighted by atomic mass is 10.0. The van der Waals surface area contributed by atoms with E-state index in [-0.39, 0.29) is 5.56 Å². The second kappa shape index (κ2) is 6.54. The summed E-state index contributed by atoms with van der Waals surface area (Å²) >= 11 is 0. The zero-order valence-electron chi connectivity index (χ0n) is 11.7. The fraction of sp³-hybridized carbons (Fsp3) is 0.429. The van der Waals surface area contributed by atoms with E-state index in [1.165, 1.54) is 17.1 Å². The van der Waals surface area contributed by atoms with Gasteiger partial charge in [0.2, 0.25) is 0 Å². The molecule has 0 aromatic heterocycles. The molecule has 0 unspecified atom stereocenters. The van der Waals surface area contributed by atoms with Gasteiger partial charge in [0.15, 0.2) is 0 Å². The number of Topliss-reactive ketones (excluding diaryl/α,β-unsaturated/α-hetero) is 1. The molecule has 0 saturated heterocycles. The Kier molecular flexibility index (Phi) is 5.30. The number of ketones is 1. The summed E-state index contributed by atoms with van der Waals surface area (Å²) in [6, 6.07) is 6.25. The van der Waals surface area contributed by atoms with Crippen LogP contribution in [0, 0.1) is 6.92 Å². The van der Waals surface area contributed by atoms with Gasteiger partial charge in [0, 0.05) is 18.7 Å². The van der Waals surface area contributed by atoms with E-state index in [0.29, 0.717) is 13.1 Å². The Morgan fingerprint density at radius 1 is 1.15 bits per heavy atom. The van der Waals surface area contributed by atoms with E-state index in [1.807, 2.05) is 6.92 Å². The number of hydrogen-bond acceptors (Lipinski definition) is 3. The minimum atomic E-state index is -4.93. The van der Waals surface area contributed by atoms with Gasteiger partial charge in [0.1, 0.15) is 5.71 Å². The molecule has 0 bridgehead atoms. The Hall–Kier alpha value is -1.85. The molecule has 0 saturated carbocycles. The predicted octanol–water partition coefficient (Wildman–Crippen LogP) is 3.17. The van der Waals surface area contributed by atoms with Crippen LogP contribution in [0.5, 0.6) is 0 Å². The third kappa shape index (κ3) is 4.08. The lowest BCUT2D eigenvalue weighted by Gasteiger charge is -2.17. The van der Waals surface area contributed by atoms with E-state index in [9.17, 15) is 18.0 Å². The average molecular weight is 286 g/mol. The van der Waals surface area contributed by atoms with Crippen molar-refractivity contribution >= 4 is 11.5 Å². The summed E-state index contributed by atoms with van der Waals surface area (Å²) in [5, 5.41) is 5.28. The SMILES string of the molecule is CCN(CC)/N=C(/C(=O)C(F)(F)F)c1ccc(C)cc1. The smallest absolute Gasteiger partial charge is 0.297 e. The molecule has 0 N–H and O–H groups in total. The van der Waals surface area contributed by atoms with Gasteiger partial charge in [0.05, 0.1) is 0 Å². The maximum Gasteiger partial charge on any atom is 0.456 e. The van der Waals surface area contributed by atoms with Crippen LogP contribution in [0.1, 0.15) is 25.0 Å². The van der Waals surface area contributed by atoms with E-state index in [1.54, 1.807) is 26.0 Å². The Bertz CT molecular complexity index is 488. The maximum absolute atomic E-state index is 12.7. The predicted molar refractivity (Wildman–Crippen MR) is 71.7 cm³/mol. The number of aryl methyl sites for hydroxylation is 1. The van der Waals surface area contributed by atoms with Gasteiger partial charge in [-0.2, -0.15) is 18.3 Å². The summed E-state index contributed by atoms with van der Waals surface area (Å²) < 4.78 is 38.0. The third-order valence-corrected chi connectivity index (χ3v) is 2.77. The Balaban J connectivity index is 3.27. The normalized spacial score (nSPS) is 12.4. The molecule has 1 aromatic carbocycles. The lowest BCUT2D eigenvalue weighted by molar-refractivity contribution is -0.163. The van der Waals surface area contributed by atoms with E-state index in [0.717, 1.165) is 5.56 Å². The van der Waals surface area contributed by atoms with Gasteiger partial charge in [-0.15, -0.1) is 0 Å². The average Bonchev–Trinajstić information content (AvgIpc) is 2.40. The van der Waals surface area contributed by atoms with Crippen molar-refractivity contribution in [2.75, 3.05) is 13.1 Å². The van der Waals surface area contributed by atoms with Crippen molar-refractivity contribution in [2.24, 2.45) is 5.10 Å². The Morgan fingerprint density at radius 2 is 1.65 bits per heavy atom. The largest absolute Gasteiger partial charge is 0.456 e. The molecule has 0 aliphatic carbocycles. The molecular formula is C14H17F3N2O. The number of halogens is 3. The first-order chi connectivity index (χ1) is 9.29. The van der Waals surface area contributed by atoms with Crippen molar-refractivity contribution < 1.29 is 18.0 Å². The number of nitrogens with zero attached hydrogens (tertiary/aromatic N) is 2. The number of alkyl halides is 3. The zero-order valence-corrected chi connectivity index (χ0v) is 11.7. The molecule has 0 aliphatic heterocycles. The topological polar surface area (TPSA) is 32.7 Å². The second-order valence-corrected chi connectivity index (χ2v) is 4.28. The molecular weight excluding hydrogens is 269 g/mol. The minimum Gasteiger partial charge on any atom is -0.297 e. The first-order valence-corrected chi connectivity index (χ1v) is 6.31. The fourth-order valence-corrected chi connectivity index (χ4v) is 1.59. The van der Waals surface area contributed by atoms with Gasteiger partial charge in [-0.05, 0) is 20.8 Å². The van der Waals surface area contributed by atoms with Gasteiger partial charge in [-0.3, -0.25) is 9.80 Å². The van der Waals surface area contributed by atoms with Crippen LogP contribution >= 0.6 is 0 Å². The van der Waals surface area contributed by atoms with Crippen LogP contribution in [0.2, 0.25) is 0 Å². The summed E-state index contributed by atoms with van der Waals surface area (Å²) in [6.45, 7) is 6.19. The van der Waals surface area contributed by atoms with E-state index in [4.69, 9.17) is 0 Å². The van der Waals surface area contributed by atoms with Crippen LogP contribution in [0.4, 0.5) is 13.2 Å². The maximum atomic E-state index is 12.7. The highest BCUT2D eigenvalue weighted by atomic mass is 19.4. The highest BCUT2D eigenvalue weighted by Crippen LogP contribution is 2.20.